The van der Waals surface area contributed by atoms with Crippen molar-refractivity contribution in [2.24, 2.45) is 5.10 Å². The zero-order valence-electron chi connectivity index (χ0n) is 14.9. The molecule has 0 radical (unpaired) electrons. The van der Waals surface area contributed by atoms with E-state index in [1.807, 2.05) is 42.8 Å². The Morgan fingerprint density at radius 3 is 2.70 bits per heavy atom. The van der Waals surface area contributed by atoms with Gasteiger partial charge in [0.1, 0.15) is 0 Å². The quantitative estimate of drug-likeness (QED) is 0.501. The van der Waals surface area contributed by atoms with Gasteiger partial charge in [0.25, 0.3) is 5.91 Å². The third kappa shape index (κ3) is 4.96. The number of amides is 1. The fourth-order valence-corrected chi connectivity index (χ4v) is 3.11. The molecule has 7 heteroatoms. The molecule has 0 spiro atoms. The Labute approximate surface area is 167 Å². The minimum Gasteiger partial charge on any atom is -0.267 e. The number of rotatable bonds is 5. The molecule has 1 N–H and O–H groups in total. The highest BCUT2D eigenvalue weighted by Gasteiger charge is 2.07. The van der Waals surface area contributed by atoms with Gasteiger partial charge in [-0.2, -0.15) is 10.2 Å². The van der Waals surface area contributed by atoms with Crippen LogP contribution in [0.25, 0.3) is 0 Å². The summed E-state index contributed by atoms with van der Waals surface area (Å²) in [6, 6.07) is 14.5. The average Bonchev–Trinajstić information content (AvgIpc) is 2.94. The summed E-state index contributed by atoms with van der Waals surface area (Å²) in [5, 5.41) is 9.43. The maximum atomic E-state index is 12.3. The molecule has 2 aromatic carbocycles. The summed E-state index contributed by atoms with van der Waals surface area (Å²) in [7, 11) is 0. The molecule has 5 nitrogen and oxygen atoms in total. The summed E-state index contributed by atoms with van der Waals surface area (Å²) in [4.78, 5) is 12.3. The molecule has 0 fully saturated rings. The second kappa shape index (κ2) is 8.37. The third-order valence-electron chi connectivity index (χ3n) is 3.96. The van der Waals surface area contributed by atoms with Crippen LogP contribution in [0.2, 0.25) is 10.0 Å². The lowest BCUT2D eigenvalue weighted by molar-refractivity contribution is 0.0955. The van der Waals surface area contributed by atoms with E-state index in [1.165, 1.54) is 6.21 Å². The predicted molar refractivity (Wildman–Crippen MR) is 109 cm³/mol. The number of hydrogen-bond donors (Lipinski definition) is 1. The van der Waals surface area contributed by atoms with Crippen molar-refractivity contribution in [1.82, 2.24) is 15.2 Å². The zero-order valence-corrected chi connectivity index (χ0v) is 16.4. The van der Waals surface area contributed by atoms with Crippen molar-refractivity contribution in [2.75, 3.05) is 0 Å². The molecule has 0 saturated heterocycles. The van der Waals surface area contributed by atoms with Gasteiger partial charge in [-0.1, -0.05) is 41.4 Å². The van der Waals surface area contributed by atoms with Crippen molar-refractivity contribution in [1.29, 1.82) is 0 Å². The number of nitrogens with one attached hydrogen (secondary N) is 1. The number of carbonyl (C=O) groups is 1. The highest BCUT2D eigenvalue weighted by molar-refractivity contribution is 6.36. The highest BCUT2D eigenvalue weighted by atomic mass is 35.5. The lowest BCUT2D eigenvalue weighted by Gasteiger charge is -2.07. The first-order chi connectivity index (χ1) is 12.9. The van der Waals surface area contributed by atoms with Gasteiger partial charge in [0.2, 0.25) is 0 Å². The third-order valence-corrected chi connectivity index (χ3v) is 4.52. The van der Waals surface area contributed by atoms with Gasteiger partial charge in [-0.3, -0.25) is 9.48 Å². The Hall–Kier alpha value is -2.63. The lowest BCUT2D eigenvalue weighted by atomic mass is 10.1. The fourth-order valence-electron chi connectivity index (χ4n) is 2.65. The zero-order chi connectivity index (χ0) is 19.4. The standard InChI is InChI=1S/C20H18Cl2N4O/c1-13-8-14(2)26(25-13)12-15-4-3-5-16(9-15)20(27)24-23-11-17-6-7-18(21)10-19(17)22/h3-11H,12H2,1-2H3,(H,24,27). The van der Waals surface area contributed by atoms with E-state index >= 15 is 0 Å². The van der Waals surface area contributed by atoms with E-state index in [0.29, 0.717) is 27.7 Å². The molecular weight excluding hydrogens is 383 g/mol. The predicted octanol–water partition coefficient (Wildman–Crippen LogP) is 4.62. The molecule has 0 aliphatic heterocycles. The van der Waals surface area contributed by atoms with Gasteiger partial charge >= 0.3 is 0 Å². The Balaban J connectivity index is 1.68. The summed E-state index contributed by atoms with van der Waals surface area (Å²) in [6.07, 6.45) is 1.48. The molecule has 0 aliphatic carbocycles. The Bertz CT molecular complexity index is 1010. The van der Waals surface area contributed by atoms with Crippen molar-refractivity contribution >= 4 is 35.3 Å². The van der Waals surface area contributed by atoms with E-state index in [-0.39, 0.29) is 5.91 Å². The van der Waals surface area contributed by atoms with Crippen LogP contribution < -0.4 is 5.43 Å². The number of carbonyl (C=O) groups excluding carboxylic acids is 1. The first kappa shape index (κ1) is 19.1. The highest BCUT2D eigenvalue weighted by Crippen LogP contribution is 2.19. The van der Waals surface area contributed by atoms with Crippen molar-refractivity contribution in [3.05, 3.63) is 86.7 Å². The first-order valence-electron chi connectivity index (χ1n) is 8.31. The molecular formula is C20H18Cl2N4O. The Kier molecular flexibility index (Phi) is 5.94. The summed E-state index contributed by atoms with van der Waals surface area (Å²) in [6.45, 7) is 4.57. The molecule has 3 aromatic rings. The topological polar surface area (TPSA) is 59.3 Å². The molecule has 0 bridgehead atoms. The second-order valence-corrected chi connectivity index (χ2v) is 6.99. The van der Waals surface area contributed by atoms with Crippen molar-refractivity contribution in [2.45, 2.75) is 20.4 Å². The summed E-state index contributed by atoms with van der Waals surface area (Å²) in [5.41, 5.74) is 6.73. The molecule has 3 rings (SSSR count). The van der Waals surface area contributed by atoms with Gasteiger partial charge in [0, 0.05) is 21.8 Å². The number of aryl methyl sites for hydroxylation is 2. The van der Waals surface area contributed by atoms with Crippen LogP contribution in [0.1, 0.15) is 32.9 Å². The SMILES string of the molecule is Cc1cc(C)n(Cc2cccc(C(=O)NN=Cc3ccc(Cl)cc3Cl)c2)n1. The lowest BCUT2D eigenvalue weighted by Crippen LogP contribution is -2.18. The number of aromatic nitrogens is 2. The number of halogens is 2. The van der Waals surface area contributed by atoms with Crippen LogP contribution >= 0.6 is 23.2 Å². The van der Waals surface area contributed by atoms with E-state index in [0.717, 1.165) is 17.0 Å². The minimum absolute atomic E-state index is 0.299. The van der Waals surface area contributed by atoms with Gasteiger partial charge in [0.05, 0.1) is 23.5 Å². The van der Waals surface area contributed by atoms with Gasteiger partial charge < -0.3 is 0 Å². The second-order valence-electron chi connectivity index (χ2n) is 6.15. The number of hydrazone groups is 1. The Morgan fingerprint density at radius 2 is 2.00 bits per heavy atom. The van der Waals surface area contributed by atoms with Crippen molar-refractivity contribution < 1.29 is 4.79 Å². The van der Waals surface area contributed by atoms with Crippen molar-refractivity contribution in [3.63, 3.8) is 0 Å². The van der Waals surface area contributed by atoms with Crippen molar-refractivity contribution in [3.8, 4) is 0 Å². The van der Waals surface area contributed by atoms with Crippen LogP contribution in [0, 0.1) is 13.8 Å². The molecule has 1 aromatic heterocycles. The van der Waals surface area contributed by atoms with E-state index in [4.69, 9.17) is 23.2 Å². The largest absolute Gasteiger partial charge is 0.271 e. The molecule has 0 saturated carbocycles. The van der Waals surface area contributed by atoms with E-state index in [1.54, 1.807) is 24.3 Å². The van der Waals surface area contributed by atoms with Gasteiger partial charge in [0.15, 0.2) is 0 Å². The van der Waals surface area contributed by atoms with E-state index < -0.39 is 0 Å². The molecule has 27 heavy (non-hydrogen) atoms. The summed E-state index contributed by atoms with van der Waals surface area (Å²) >= 11 is 11.9. The average molecular weight is 401 g/mol. The van der Waals surface area contributed by atoms with E-state index in [2.05, 4.69) is 15.6 Å². The van der Waals surface area contributed by atoms with Crippen LogP contribution in [0.3, 0.4) is 0 Å². The molecule has 1 amide bonds. The van der Waals surface area contributed by atoms with Gasteiger partial charge in [-0.05, 0) is 49.7 Å². The van der Waals surface area contributed by atoms with Crippen LogP contribution in [0.4, 0.5) is 0 Å². The van der Waals surface area contributed by atoms with Crippen LogP contribution in [0.5, 0.6) is 0 Å². The smallest absolute Gasteiger partial charge is 0.267 e. The Morgan fingerprint density at radius 1 is 1.19 bits per heavy atom. The summed E-state index contributed by atoms with van der Waals surface area (Å²) < 4.78 is 1.91. The maximum Gasteiger partial charge on any atom is 0.271 e. The van der Waals surface area contributed by atoms with Crippen LogP contribution in [-0.4, -0.2) is 21.9 Å². The number of hydrogen-bond acceptors (Lipinski definition) is 3. The normalized spacial score (nSPS) is 11.1. The molecule has 1 heterocycles. The maximum absolute atomic E-state index is 12.3. The minimum atomic E-state index is -0.299. The monoisotopic (exact) mass is 400 g/mol. The molecule has 138 valence electrons. The van der Waals surface area contributed by atoms with Gasteiger partial charge in [-0.15, -0.1) is 0 Å². The molecule has 0 atom stereocenters. The molecule has 0 unspecified atom stereocenters. The van der Waals surface area contributed by atoms with Crippen LogP contribution in [-0.2, 0) is 6.54 Å². The summed E-state index contributed by atoms with van der Waals surface area (Å²) in [5.74, 6) is -0.299. The van der Waals surface area contributed by atoms with Gasteiger partial charge in [-0.25, -0.2) is 5.43 Å². The number of nitrogens with zero attached hydrogens (tertiary/aromatic N) is 3. The van der Waals surface area contributed by atoms with Crippen LogP contribution in [0.15, 0.2) is 53.6 Å². The first-order valence-corrected chi connectivity index (χ1v) is 9.06. The molecule has 0 aliphatic rings. The number of benzene rings is 2. The van der Waals surface area contributed by atoms with E-state index in [9.17, 15) is 4.79 Å². The fraction of sp³-hybridized carbons (Fsp3) is 0.150.